The number of rotatable bonds is 13. The number of sulfonamides is 1. The Labute approximate surface area is 272 Å². The maximum absolute atomic E-state index is 13.6. The number of hydrogen-bond acceptors (Lipinski definition) is 11. The minimum atomic E-state index is -4.18. The number of methoxy groups -OCH3 is 2. The minimum Gasteiger partial charge on any atom is -0.497 e. The van der Waals surface area contributed by atoms with E-state index >= 15 is 0 Å². The van der Waals surface area contributed by atoms with Crippen LogP contribution in [-0.2, 0) is 31.5 Å². The van der Waals surface area contributed by atoms with Gasteiger partial charge in [0.1, 0.15) is 31.3 Å². The van der Waals surface area contributed by atoms with Crippen LogP contribution in [-0.4, -0.2) is 56.9 Å². The number of carbonyl (C=O) groups is 1. The molecule has 0 radical (unpaired) electrons. The lowest BCUT2D eigenvalue weighted by molar-refractivity contribution is 0.134. The molecule has 0 aliphatic rings. The monoisotopic (exact) mass is 671 g/mol. The Morgan fingerprint density at radius 1 is 1.00 bits per heavy atom. The quantitative estimate of drug-likeness (QED) is 0.156. The van der Waals surface area contributed by atoms with E-state index in [1.807, 2.05) is 20.8 Å². The van der Waals surface area contributed by atoms with Gasteiger partial charge in [-0.3, -0.25) is 15.0 Å². The summed E-state index contributed by atoms with van der Waals surface area (Å²) in [4.78, 5) is 24.8. The summed E-state index contributed by atoms with van der Waals surface area (Å²) in [5, 5.41) is 2.73. The maximum atomic E-state index is 13.6. The second-order valence-electron chi connectivity index (χ2n) is 10.7. The van der Waals surface area contributed by atoms with Gasteiger partial charge in [-0.25, -0.2) is 18.2 Å². The highest BCUT2D eigenvalue weighted by Gasteiger charge is 2.26. The van der Waals surface area contributed by atoms with Gasteiger partial charge in [-0.2, -0.15) is 4.98 Å². The lowest BCUT2D eigenvalue weighted by Gasteiger charge is -2.20. The molecule has 4 rings (SSSR count). The van der Waals surface area contributed by atoms with Gasteiger partial charge in [-0.05, 0) is 47.4 Å². The molecule has 2 heterocycles. The summed E-state index contributed by atoms with van der Waals surface area (Å²) in [7, 11) is -1.28. The topological polar surface area (TPSA) is 160 Å². The molecule has 46 heavy (non-hydrogen) atoms. The third-order valence-corrected chi connectivity index (χ3v) is 7.90. The molecule has 2 N–H and O–H groups in total. The van der Waals surface area contributed by atoms with E-state index in [0.29, 0.717) is 11.4 Å². The van der Waals surface area contributed by atoms with Gasteiger partial charge in [-0.1, -0.05) is 44.5 Å². The number of nitrogens with zero attached hydrogens (tertiary/aromatic N) is 3. The van der Waals surface area contributed by atoms with Gasteiger partial charge < -0.3 is 23.7 Å². The van der Waals surface area contributed by atoms with Crippen molar-refractivity contribution >= 4 is 39.2 Å². The molecule has 0 atom stereocenters. The number of anilines is 2. The highest BCUT2D eigenvalue weighted by molar-refractivity contribution is 7.92. The number of amides is 1. The molecular formula is C31H34ClN5O8S. The van der Waals surface area contributed by atoms with Crippen molar-refractivity contribution in [3.63, 3.8) is 0 Å². The highest BCUT2D eigenvalue weighted by atomic mass is 35.5. The molecule has 0 aliphatic carbocycles. The number of carbonyl (C=O) groups excluding carboxylic acids is 1. The van der Waals surface area contributed by atoms with E-state index in [4.69, 9.17) is 35.3 Å². The van der Waals surface area contributed by atoms with E-state index < -0.39 is 16.1 Å². The van der Waals surface area contributed by atoms with Crippen LogP contribution in [0.25, 0.3) is 0 Å². The second-order valence-corrected chi connectivity index (χ2v) is 12.8. The summed E-state index contributed by atoms with van der Waals surface area (Å²) in [5.74, 6) is -0.00436. The second kappa shape index (κ2) is 15.1. The molecule has 2 aromatic carbocycles. The molecule has 244 valence electrons. The zero-order chi connectivity index (χ0) is 33.3. The average Bonchev–Trinajstić information content (AvgIpc) is 3.02. The Morgan fingerprint density at radius 3 is 2.41 bits per heavy atom. The van der Waals surface area contributed by atoms with Crippen molar-refractivity contribution in [2.24, 2.45) is 0 Å². The molecule has 0 unspecified atom stereocenters. The zero-order valence-electron chi connectivity index (χ0n) is 25.9. The lowest BCUT2D eigenvalue weighted by Crippen LogP contribution is -2.19. The fourth-order valence-corrected chi connectivity index (χ4v) is 5.07. The third-order valence-electron chi connectivity index (χ3n) is 6.23. The molecule has 15 heteroatoms. The summed E-state index contributed by atoms with van der Waals surface area (Å²) >= 11 is 6.41. The number of ether oxygens (including phenoxy) is 5. The Kier molecular flexibility index (Phi) is 11.2. The first kappa shape index (κ1) is 34.2. The molecule has 0 spiro atoms. The normalized spacial score (nSPS) is 11.4. The Balaban J connectivity index is 1.66. The van der Waals surface area contributed by atoms with Crippen LogP contribution in [0.2, 0.25) is 5.02 Å². The summed E-state index contributed by atoms with van der Waals surface area (Å²) in [5.41, 5.74) is 1.23. The number of nitrogens with one attached hydrogen (secondary N) is 2. The molecule has 0 saturated heterocycles. The standard InChI is InChI=1S/C31H34ClN5O8S/c1-31(2,3)20-8-11-23(12-9-20)46(39,40)37-28-27(45-25-17-22(42-5)10-13-24(25)32)29(36-26(35-28)19-41-4)43-15-16-44-30(38)34-21-7-6-14-33-18-21/h6-14,17-18H,15-16,19H2,1-5H3,(H,34,38)(H,35,36,37). The molecular weight excluding hydrogens is 638 g/mol. The first-order valence-electron chi connectivity index (χ1n) is 13.9. The van der Waals surface area contributed by atoms with E-state index in [0.717, 1.165) is 5.56 Å². The van der Waals surface area contributed by atoms with Gasteiger partial charge in [0.05, 0.1) is 28.9 Å². The van der Waals surface area contributed by atoms with E-state index in [1.54, 1.807) is 42.6 Å². The molecule has 0 fully saturated rings. The number of benzene rings is 2. The number of halogens is 1. The Hall–Kier alpha value is -4.66. The number of aromatic nitrogens is 3. The predicted octanol–water partition coefficient (Wildman–Crippen LogP) is 6.20. The first-order valence-corrected chi connectivity index (χ1v) is 15.8. The van der Waals surface area contributed by atoms with E-state index in [-0.39, 0.29) is 64.2 Å². The molecule has 0 bridgehead atoms. The van der Waals surface area contributed by atoms with Crippen LogP contribution in [0.1, 0.15) is 32.2 Å². The van der Waals surface area contributed by atoms with Crippen LogP contribution < -0.4 is 24.2 Å². The van der Waals surface area contributed by atoms with Crippen LogP contribution in [0.3, 0.4) is 0 Å². The largest absolute Gasteiger partial charge is 0.497 e. The summed E-state index contributed by atoms with van der Waals surface area (Å²) in [6.45, 7) is 5.61. The van der Waals surface area contributed by atoms with Gasteiger partial charge in [0.25, 0.3) is 15.9 Å². The van der Waals surface area contributed by atoms with E-state index in [1.165, 1.54) is 38.6 Å². The van der Waals surface area contributed by atoms with Crippen molar-refractivity contribution < 1.29 is 36.9 Å². The van der Waals surface area contributed by atoms with Crippen molar-refractivity contribution in [2.45, 2.75) is 37.7 Å². The van der Waals surface area contributed by atoms with Crippen LogP contribution in [0.5, 0.6) is 23.1 Å². The zero-order valence-corrected chi connectivity index (χ0v) is 27.4. The Bertz CT molecular complexity index is 1750. The smallest absolute Gasteiger partial charge is 0.411 e. The van der Waals surface area contributed by atoms with E-state index in [2.05, 4.69) is 25.0 Å². The summed E-state index contributed by atoms with van der Waals surface area (Å²) in [6, 6.07) is 14.5. The first-order chi connectivity index (χ1) is 21.9. The lowest BCUT2D eigenvalue weighted by atomic mass is 9.87. The Morgan fingerprint density at radius 2 is 1.76 bits per heavy atom. The van der Waals surface area contributed by atoms with Crippen LogP contribution in [0.4, 0.5) is 16.3 Å². The minimum absolute atomic E-state index is 0.00624. The van der Waals surface area contributed by atoms with Gasteiger partial charge in [0.2, 0.25) is 5.75 Å². The molecule has 2 aromatic heterocycles. The summed E-state index contributed by atoms with van der Waals surface area (Å²) < 4.78 is 57.3. The van der Waals surface area contributed by atoms with E-state index in [9.17, 15) is 13.2 Å². The molecule has 13 nitrogen and oxygen atoms in total. The van der Waals surface area contributed by atoms with Crippen molar-refractivity contribution in [1.82, 2.24) is 15.0 Å². The maximum Gasteiger partial charge on any atom is 0.411 e. The molecule has 4 aromatic rings. The molecule has 0 saturated carbocycles. The van der Waals surface area contributed by atoms with Crippen LogP contribution >= 0.6 is 11.6 Å². The average molecular weight is 672 g/mol. The van der Waals surface area contributed by atoms with Crippen molar-refractivity contribution in [1.29, 1.82) is 0 Å². The van der Waals surface area contributed by atoms with Crippen molar-refractivity contribution in [3.05, 3.63) is 83.4 Å². The SMILES string of the molecule is COCc1nc(NS(=O)(=O)c2ccc(C(C)(C)C)cc2)c(Oc2cc(OC)ccc2Cl)c(OCCOC(=O)Nc2cccnc2)n1. The molecule has 0 aliphatic heterocycles. The highest BCUT2D eigenvalue weighted by Crippen LogP contribution is 2.41. The van der Waals surface area contributed by atoms with Crippen LogP contribution in [0.15, 0.2) is 71.9 Å². The fraction of sp³-hybridized carbons (Fsp3) is 0.290. The van der Waals surface area contributed by atoms with Crippen molar-refractivity contribution in [2.75, 3.05) is 37.5 Å². The van der Waals surface area contributed by atoms with Crippen molar-refractivity contribution in [3.8, 4) is 23.1 Å². The van der Waals surface area contributed by atoms with Gasteiger partial charge in [-0.15, -0.1) is 0 Å². The summed E-state index contributed by atoms with van der Waals surface area (Å²) in [6.07, 6.45) is 2.30. The van der Waals surface area contributed by atoms with Gasteiger partial charge in [0, 0.05) is 19.4 Å². The molecule has 1 amide bonds. The predicted molar refractivity (Wildman–Crippen MR) is 171 cm³/mol. The third kappa shape index (κ3) is 9.19. The number of pyridine rings is 1. The fourth-order valence-electron chi connectivity index (χ4n) is 3.91. The number of hydrogen-bond donors (Lipinski definition) is 2. The van der Waals surface area contributed by atoms with Crippen LogP contribution in [0, 0.1) is 0 Å². The van der Waals surface area contributed by atoms with Gasteiger partial charge >= 0.3 is 6.09 Å². The van der Waals surface area contributed by atoms with Gasteiger partial charge in [0.15, 0.2) is 11.6 Å².